The summed E-state index contributed by atoms with van der Waals surface area (Å²) in [5.41, 5.74) is 0.626. The van der Waals surface area contributed by atoms with E-state index in [1.54, 1.807) is 12.1 Å². The van der Waals surface area contributed by atoms with Gasteiger partial charge in [-0.05, 0) is 23.8 Å². The molecular weight excluding hydrogens is 308 g/mol. The van der Waals surface area contributed by atoms with Crippen LogP contribution in [0.5, 0.6) is 5.75 Å². The number of carbonyl (C=O) groups excluding carboxylic acids is 1. The SMILES string of the molecule is O=C(/C=C\c1ccc(O)cc1)O[C@@H]1[C@@H](O)[C@H](O)O[C@H](CO)[C@H]1O. The van der Waals surface area contributed by atoms with E-state index in [9.17, 15) is 20.1 Å². The third-order valence-corrected chi connectivity index (χ3v) is 3.40. The molecular formula is C15H18O8. The smallest absolute Gasteiger partial charge is 0.331 e. The summed E-state index contributed by atoms with van der Waals surface area (Å²) in [7, 11) is 0. The first-order valence-corrected chi connectivity index (χ1v) is 6.90. The normalized spacial score (nSPS) is 31.2. The second-order valence-electron chi connectivity index (χ2n) is 5.06. The monoisotopic (exact) mass is 326 g/mol. The first-order chi connectivity index (χ1) is 10.9. The minimum absolute atomic E-state index is 0.0854. The summed E-state index contributed by atoms with van der Waals surface area (Å²) in [5, 5.41) is 47.3. The first kappa shape index (κ1) is 17.4. The lowest BCUT2D eigenvalue weighted by atomic mass is 9.99. The van der Waals surface area contributed by atoms with E-state index in [2.05, 4.69) is 0 Å². The maximum Gasteiger partial charge on any atom is 0.331 e. The molecule has 1 aromatic rings. The highest BCUT2D eigenvalue weighted by atomic mass is 16.7. The number of aromatic hydroxyl groups is 1. The number of esters is 1. The number of aliphatic hydroxyl groups is 4. The predicted octanol–water partition coefficient (Wildman–Crippen LogP) is -1.25. The minimum atomic E-state index is -1.69. The predicted molar refractivity (Wildman–Crippen MR) is 77.0 cm³/mol. The molecule has 0 bridgehead atoms. The second-order valence-corrected chi connectivity index (χ2v) is 5.06. The summed E-state index contributed by atoms with van der Waals surface area (Å²) in [4.78, 5) is 11.8. The van der Waals surface area contributed by atoms with Gasteiger partial charge in [0.25, 0.3) is 0 Å². The highest BCUT2D eigenvalue weighted by Crippen LogP contribution is 2.22. The molecule has 0 saturated carbocycles. The van der Waals surface area contributed by atoms with Gasteiger partial charge in [0.15, 0.2) is 12.4 Å². The highest BCUT2D eigenvalue weighted by Gasteiger charge is 2.45. The summed E-state index contributed by atoms with van der Waals surface area (Å²) in [6, 6.07) is 6.03. The van der Waals surface area contributed by atoms with Crippen molar-refractivity contribution in [3.8, 4) is 5.75 Å². The molecule has 1 saturated heterocycles. The molecule has 5 N–H and O–H groups in total. The van der Waals surface area contributed by atoms with Crippen LogP contribution in [0.3, 0.4) is 0 Å². The molecule has 5 atom stereocenters. The van der Waals surface area contributed by atoms with Crippen LogP contribution in [0.2, 0.25) is 0 Å². The van der Waals surface area contributed by atoms with E-state index in [1.807, 2.05) is 0 Å². The number of ether oxygens (including phenoxy) is 2. The molecule has 0 aromatic heterocycles. The van der Waals surface area contributed by atoms with Gasteiger partial charge in [-0.15, -0.1) is 0 Å². The molecule has 1 heterocycles. The lowest BCUT2D eigenvalue weighted by molar-refractivity contribution is -0.289. The summed E-state index contributed by atoms with van der Waals surface area (Å²) >= 11 is 0. The van der Waals surface area contributed by atoms with E-state index in [-0.39, 0.29) is 5.75 Å². The van der Waals surface area contributed by atoms with E-state index < -0.39 is 43.3 Å². The van der Waals surface area contributed by atoms with Crippen molar-refractivity contribution in [2.75, 3.05) is 6.61 Å². The fraction of sp³-hybridized carbons (Fsp3) is 0.400. The number of rotatable bonds is 4. The van der Waals surface area contributed by atoms with Crippen molar-refractivity contribution < 1.29 is 39.8 Å². The van der Waals surface area contributed by atoms with Crippen LogP contribution in [0.4, 0.5) is 0 Å². The standard InChI is InChI=1S/C15H18O8/c16-7-10-12(19)14(13(20)15(21)22-10)23-11(18)6-3-8-1-4-9(17)5-2-8/h1-6,10,12-17,19-21H,7H2/b6-3-/t10-,12-,13-,14+,15-/m1/s1. The van der Waals surface area contributed by atoms with E-state index >= 15 is 0 Å². The highest BCUT2D eigenvalue weighted by molar-refractivity contribution is 5.87. The Bertz CT molecular complexity index is 555. The zero-order valence-electron chi connectivity index (χ0n) is 12.0. The van der Waals surface area contributed by atoms with Crippen molar-refractivity contribution in [1.29, 1.82) is 0 Å². The van der Waals surface area contributed by atoms with Gasteiger partial charge in [-0.1, -0.05) is 12.1 Å². The number of phenolic OH excluding ortho intramolecular Hbond substituents is 1. The fourth-order valence-corrected chi connectivity index (χ4v) is 2.13. The molecule has 1 aliphatic heterocycles. The van der Waals surface area contributed by atoms with Gasteiger partial charge in [-0.3, -0.25) is 0 Å². The van der Waals surface area contributed by atoms with Gasteiger partial charge < -0.3 is 35.0 Å². The summed E-state index contributed by atoms with van der Waals surface area (Å²) in [5.74, 6) is -0.769. The molecule has 1 fully saturated rings. The van der Waals surface area contributed by atoms with E-state index in [0.717, 1.165) is 6.08 Å². The Kier molecular flexibility index (Phi) is 5.69. The fourth-order valence-electron chi connectivity index (χ4n) is 2.13. The average molecular weight is 326 g/mol. The van der Waals surface area contributed by atoms with Crippen molar-refractivity contribution in [2.24, 2.45) is 0 Å². The number of phenols is 1. The Morgan fingerprint density at radius 1 is 1.17 bits per heavy atom. The number of hydrogen-bond acceptors (Lipinski definition) is 8. The Balaban J connectivity index is 2.01. The Labute approximate surface area is 131 Å². The zero-order valence-corrected chi connectivity index (χ0v) is 12.0. The number of hydrogen-bond donors (Lipinski definition) is 5. The van der Waals surface area contributed by atoms with Gasteiger partial charge in [-0.25, -0.2) is 4.79 Å². The third-order valence-electron chi connectivity index (χ3n) is 3.40. The van der Waals surface area contributed by atoms with Crippen molar-refractivity contribution in [3.05, 3.63) is 35.9 Å². The lowest BCUT2D eigenvalue weighted by Crippen LogP contribution is -2.59. The van der Waals surface area contributed by atoms with Crippen LogP contribution in [-0.2, 0) is 14.3 Å². The minimum Gasteiger partial charge on any atom is -0.508 e. The van der Waals surface area contributed by atoms with Crippen LogP contribution in [0.15, 0.2) is 30.3 Å². The Morgan fingerprint density at radius 3 is 2.43 bits per heavy atom. The largest absolute Gasteiger partial charge is 0.508 e. The van der Waals surface area contributed by atoms with Crippen LogP contribution >= 0.6 is 0 Å². The molecule has 8 heteroatoms. The number of benzene rings is 1. The number of aliphatic hydroxyl groups excluding tert-OH is 4. The van der Waals surface area contributed by atoms with Gasteiger partial charge in [0.1, 0.15) is 24.1 Å². The lowest BCUT2D eigenvalue weighted by Gasteiger charge is -2.39. The van der Waals surface area contributed by atoms with E-state index in [4.69, 9.17) is 19.7 Å². The molecule has 0 spiro atoms. The first-order valence-electron chi connectivity index (χ1n) is 6.90. The summed E-state index contributed by atoms with van der Waals surface area (Å²) in [6.07, 6.45) is -4.93. The molecule has 1 aliphatic rings. The second kappa shape index (κ2) is 7.53. The van der Waals surface area contributed by atoms with Gasteiger partial charge in [0, 0.05) is 6.08 Å². The number of carbonyl (C=O) groups is 1. The van der Waals surface area contributed by atoms with Crippen molar-refractivity contribution in [3.63, 3.8) is 0 Å². The maximum atomic E-state index is 11.8. The molecule has 0 radical (unpaired) electrons. The van der Waals surface area contributed by atoms with Crippen LogP contribution in [0.25, 0.3) is 6.08 Å². The average Bonchev–Trinajstić information content (AvgIpc) is 2.54. The Hall–Kier alpha value is -1.97. The van der Waals surface area contributed by atoms with Gasteiger partial charge in [0.2, 0.25) is 0 Å². The molecule has 0 unspecified atom stereocenters. The summed E-state index contributed by atoms with van der Waals surface area (Å²) < 4.78 is 9.72. The third kappa shape index (κ3) is 4.27. The maximum absolute atomic E-state index is 11.8. The quantitative estimate of drug-likeness (QED) is 0.342. The van der Waals surface area contributed by atoms with E-state index in [0.29, 0.717) is 5.56 Å². The summed E-state index contributed by atoms with van der Waals surface area (Å²) in [6.45, 7) is -0.609. The Morgan fingerprint density at radius 2 is 1.83 bits per heavy atom. The van der Waals surface area contributed by atoms with Gasteiger partial charge in [-0.2, -0.15) is 0 Å². The molecule has 23 heavy (non-hydrogen) atoms. The topological polar surface area (TPSA) is 137 Å². The zero-order chi connectivity index (χ0) is 17.0. The molecule has 8 nitrogen and oxygen atoms in total. The van der Waals surface area contributed by atoms with Gasteiger partial charge in [0.05, 0.1) is 6.61 Å². The van der Waals surface area contributed by atoms with Crippen molar-refractivity contribution in [2.45, 2.75) is 30.7 Å². The van der Waals surface area contributed by atoms with Gasteiger partial charge >= 0.3 is 5.97 Å². The van der Waals surface area contributed by atoms with Crippen molar-refractivity contribution in [1.82, 2.24) is 0 Å². The van der Waals surface area contributed by atoms with Crippen LogP contribution in [0.1, 0.15) is 5.56 Å². The van der Waals surface area contributed by atoms with Crippen LogP contribution < -0.4 is 0 Å². The molecule has 2 rings (SSSR count). The molecule has 126 valence electrons. The van der Waals surface area contributed by atoms with Crippen molar-refractivity contribution >= 4 is 12.0 Å². The van der Waals surface area contributed by atoms with Crippen LogP contribution in [-0.4, -0.2) is 68.8 Å². The molecule has 0 amide bonds. The van der Waals surface area contributed by atoms with E-state index in [1.165, 1.54) is 18.2 Å². The van der Waals surface area contributed by atoms with Crippen LogP contribution in [0, 0.1) is 0 Å². The molecule has 0 aliphatic carbocycles. The molecule has 1 aromatic carbocycles.